The van der Waals surface area contributed by atoms with Gasteiger partial charge < -0.3 is 19.7 Å². The van der Waals surface area contributed by atoms with Crippen LogP contribution < -0.4 is 15.2 Å². The van der Waals surface area contributed by atoms with Gasteiger partial charge in [0.15, 0.2) is 23.1 Å². The van der Waals surface area contributed by atoms with Crippen molar-refractivity contribution < 1.29 is 14.0 Å². The van der Waals surface area contributed by atoms with Gasteiger partial charge in [-0.1, -0.05) is 5.16 Å². The number of hydrogen-bond donors (Lipinski definition) is 1. The first-order valence-electron chi connectivity index (χ1n) is 5.45. The summed E-state index contributed by atoms with van der Waals surface area (Å²) in [5.74, 6) is 2.49. The summed E-state index contributed by atoms with van der Waals surface area (Å²) < 4.78 is 16.2. The third-order valence-electron chi connectivity index (χ3n) is 2.56. The normalized spacial score (nSPS) is 14.4. The zero-order valence-electron chi connectivity index (χ0n) is 9.18. The largest absolute Gasteiger partial charge is 0.490 e. The van der Waals surface area contributed by atoms with E-state index < -0.39 is 0 Å². The number of nitrogens with two attached hydrogens (primary N) is 1. The Kier molecular flexibility index (Phi) is 2.36. The van der Waals surface area contributed by atoms with E-state index in [9.17, 15) is 0 Å². The van der Waals surface area contributed by atoms with Gasteiger partial charge in [-0.2, -0.15) is 0 Å². The minimum absolute atomic E-state index is 0.368. The van der Waals surface area contributed by atoms with Crippen molar-refractivity contribution in [2.45, 2.75) is 6.42 Å². The maximum absolute atomic E-state index is 5.60. The van der Waals surface area contributed by atoms with Gasteiger partial charge in [-0.05, 0) is 18.2 Å². The molecule has 1 aliphatic heterocycles. The molecule has 0 saturated heterocycles. The Hall–Kier alpha value is -2.17. The van der Waals surface area contributed by atoms with Crippen molar-refractivity contribution in [1.29, 1.82) is 0 Å². The van der Waals surface area contributed by atoms with E-state index in [1.807, 2.05) is 18.2 Å². The van der Waals surface area contributed by atoms with Gasteiger partial charge in [0, 0.05) is 18.1 Å². The van der Waals surface area contributed by atoms with Crippen LogP contribution in [0.3, 0.4) is 0 Å². The highest BCUT2D eigenvalue weighted by molar-refractivity contribution is 5.64. The van der Waals surface area contributed by atoms with E-state index in [1.165, 1.54) is 0 Å². The van der Waals surface area contributed by atoms with Gasteiger partial charge in [0.2, 0.25) is 0 Å². The molecule has 0 spiro atoms. The third-order valence-corrected chi connectivity index (χ3v) is 2.56. The van der Waals surface area contributed by atoms with Crippen LogP contribution >= 0.6 is 0 Å². The second-order valence-electron chi connectivity index (χ2n) is 3.83. The predicted molar refractivity (Wildman–Crippen MR) is 62.0 cm³/mol. The second kappa shape index (κ2) is 4.01. The zero-order chi connectivity index (χ0) is 11.7. The van der Waals surface area contributed by atoms with Gasteiger partial charge in [0.05, 0.1) is 13.2 Å². The molecule has 0 amide bonds. The number of aromatic nitrogens is 1. The Morgan fingerprint density at radius 1 is 1.06 bits per heavy atom. The molecule has 0 radical (unpaired) electrons. The van der Waals surface area contributed by atoms with Crippen molar-refractivity contribution in [1.82, 2.24) is 5.16 Å². The van der Waals surface area contributed by atoms with Crippen molar-refractivity contribution in [3.05, 3.63) is 24.3 Å². The van der Waals surface area contributed by atoms with E-state index in [-0.39, 0.29) is 0 Å². The number of anilines is 1. The number of hydrogen-bond acceptors (Lipinski definition) is 5. The van der Waals surface area contributed by atoms with Crippen molar-refractivity contribution >= 4 is 5.82 Å². The van der Waals surface area contributed by atoms with Gasteiger partial charge in [-0.25, -0.2) is 0 Å². The van der Waals surface area contributed by atoms with Gasteiger partial charge in [0.25, 0.3) is 0 Å². The molecule has 2 aromatic rings. The van der Waals surface area contributed by atoms with Crippen LogP contribution in [-0.4, -0.2) is 18.4 Å². The van der Waals surface area contributed by atoms with Crippen LogP contribution in [-0.2, 0) is 0 Å². The van der Waals surface area contributed by atoms with Gasteiger partial charge in [-0.15, -0.1) is 0 Å². The molecule has 0 atom stereocenters. The summed E-state index contributed by atoms with van der Waals surface area (Å²) in [6, 6.07) is 7.32. The maximum Gasteiger partial charge on any atom is 0.169 e. The van der Waals surface area contributed by atoms with Gasteiger partial charge in [0.1, 0.15) is 0 Å². The molecule has 5 nitrogen and oxygen atoms in total. The van der Waals surface area contributed by atoms with Crippen LogP contribution in [0, 0.1) is 0 Å². The molecule has 0 saturated carbocycles. The molecule has 3 rings (SSSR count). The number of fused-ring (bicyclic) bond motifs is 1. The Balaban J connectivity index is 2.00. The molecular formula is C12H12N2O3. The highest BCUT2D eigenvalue weighted by Crippen LogP contribution is 2.34. The van der Waals surface area contributed by atoms with E-state index in [4.69, 9.17) is 19.7 Å². The molecule has 88 valence electrons. The number of nitrogens with zero attached hydrogens (tertiary/aromatic N) is 1. The van der Waals surface area contributed by atoms with E-state index >= 15 is 0 Å². The van der Waals surface area contributed by atoms with E-state index in [2.05, 4.69) is 5.16 Å². The topological polar surface area (TPSA) is 70.5 Å². The Morgan fingerprint density at radius 2 is 1.88 bits per heavy atom. The standard InChI is InChI=1S/C12H12N2O3/c13-12-7-10(17-14-12)8-2-3-9-11(6-8)16-5-1-4-15-9/h2-3,6-7H,1,4-5H2,(H2,13,14). The lowest BCUT2D eigenvalue weighted by molar-refractivity contribution is 0.297. The Morgan fingerprint density at radius 3 is 2.65 bits per heavy atom. The van der Waals surface area contributed by atoms with Crippen LogP contribution in [0.25, 0.3) is 11.3 Å². The quantitative estimate of drug-likeness (QED) is 0.815. The smallest absolute Gasteiger partial charge is 0.169 e. The van der Waals surface area contributed by atoms with Gasteiger partial charge >= 0.3 is 0 Å². The zero-order valence-corrected chi connectivity index (χ0v) is 9.18. The van der Waals surface area contributed by atoms with Crippen molar-refractivity contribution in [3.63, 3.8) is 0 Å². The minimum atomic E-state index is 0.368. The molecule has 2 N–H and O–H groups in total. The summed E-state index contributed by atoms with van der Waals surface area (Å²) in [4.78, 5) is 0. The molecule has 17 heavy (non-hydrogen) atoms. The number of nitrogen functional groups attached to an aromatic ring is 1. The fourth-order valence-corrected chi connectivity index (χ4v) is 1.74. The highest BCUT2D eigenvalue weighted by atomic mass is 16.5. The van der Waals surface area contributed by atoms with Crippen LogP contribution in [0.15, 0.2) is 28.8 Å². The molecule has 5 heteroatoms. The lowest BCUT2D eigenvalue weighted by Gasteiger charge is -2.07. The van der Waals surface area contributed by atoms with E-state index in [1.54, 1.807) is 6.07 Å². The summed E-state index contributed by atoms with van der Waals surface area (Å²) in [7, 11) is 0. The van der Waals surface area contributed by atoms with Crippen molar-refractivity contribution in [3.8, 4) is 22.8 Å². The molecule has 0 fully saturated rings. The molecule has 2 heterocycles. The van der Waals surface area contributed by atoms with E-state index in [0.29, 0.717) is 24.8 Å². The van der Waals surface area contributed by atoms with Crippen LogP contribution in [0.2, 0.25) is 0 Å². The summed E-state index contributed by atoms with van der Waals surface area (Å²) in [6.45, 7) is 1.34. The minimum Gasteiger partial charge on any atom is -0.490 e. The fraction of sp³-hybridized carbons (Fsp3) is 0.250. The molecule has 0 unspecified atom stereocenters. The van der Waals surface area contributed by atoms with Crippen molar-refractivity contribution in [2.24, 2.45) is 0 Å². The maximum atomic E-state index is 5.60. The van der Waals surface area contributed by atoms with Crippen LogP contribution in [0.4, 0.5) is 5.82 Å². The number of benzene rings is 1. The third kappa shape index (κ3) is 1.91. The average Bonchev–Trinajstić information content (AvgIpc) is 2.64. The molecule has 1 aromatic carbocycles. The SMILES string of the molecule is Nc1cc(-c2ccc3c(c2)OCCCO3)on1. The first kappa shape index (κ1) is 10.0. The first-order valence-corrected chi connectivity index (χ1v) is 5.45. The Labute approximate surface area is 98.1 Å². The number of ether oxygens (including phenoxy) is 2. The Bertz CT molecular complexity index is 536. The predicted octanol–water partition coefficient (Wildman–Crippen LogP) is 2.09. The van der Waals surface area contributed by atoms with Crippen LogP contribution in [0.5, 0.6) is 11.5 Å². The molecule has 0 bridgehead atoms. The van der Waals surface area contributed by atoms with Crippen LogP contribution in [0.1, 0.15) is 6.42 Å². The first-order chi connectivity index (χ1) is 8.33. The highest BCUT2D eigenvalue weighted by Gasteiger charge is 2.13. The summed E-state index contributed by atoms with van der Waals surface area (Å²) >= 11 is 0. The van der Waals surface area contributed by atoms with E-state index in [0.717, 1.165) is 23.5 Å². The molecule has 1 aliphatic rings. The monoisotopic (exact) mass is 232 g/mol. The number of rotatable bonds is 1. The average molecular weight is 232 g/mol. The van der Waals surface area contributed by atoms with Gasteiger partial charge in [-0.3, -0.25) is 0 Å². The molecular weight excluding hydrogens is 220 g/mol. The van der Waals surface area contributed by atoms with Crippen molar-refractivity contribution in [2.75, 3.05) is 18.9 Å². The summed E-state index contributed by atoms with van der Waals surface area (Å²) in [5, 5.41) is 3.65. The summed E-state index contributed by atoms with van der Waals surface area (Å²) in [6.07, 6.45) is 0.888. The lowest BCUT2D eigenvalue weighted by Crippen LogP contribution is -1.97. The lowest BCUT2D eigenvalue weighted by atomic mass is 10.1. The molecule has 0 aliphatic carbocycles. The fourth-order valence-electron chi connectivity index (χ4n) is 1.74. The molecule has 1 aromatic heterocycles. The summed E-state index contributed by atoms with van der Waals surface area (Å²) in [5.41, 5.74) is 6.39. The second-order valence-corrected chi connectivity index (χ2v) is 3.83.